The number of aromatic hydroxyl groups is 1. The minimum absolute atomic E-state index is 0.0361. The summed E-state index contributed by atoms with van der Waals surface area (Å²) in [5.74, 6) is 0.0361. The molecular formula is C12H7Br2ClN2O. The maximum atomic E-state index is 9.81. The summed E-state index contributed by atoms with van der Waals surface area (Å²) in [4.78, 5) is 0. The van der Waals surface area contributed by atoms with Gasteiger partial charge < -0.3 is 5.11 Å². The lowest BCUT2D eigenvalue weighted by Gasteiger charge is -2.02. The molecule has 0 bridgehead atoms. The van der Waals surface area contributed by atoms with Crippen LogP contribution in [0.25, 0.3) is 0 Å². The van der Waals surface area contributed by atoms with Crippen molar-refractivity contribution in [3.8, 4) is 5.75 Å². The topological polar surface area (TPSA) is 45.0 Å². The third-order valence-corrected chi connectivity index (χ3v) is 3.51. The molecule has 0 radical (unpaired) electrons. The second kappa shape index (κ2) is 5.82. The van der Waals surface area contributed by atoms with Crippen LogP contribution in [0, 0.1) is 0 Å². The summed E-state index contributed by atoms with van der Waals surface area (Å²) >= 11 is 12.5. The molecule has 0 unspecified atom stereocenters. The SMILES string of the molecule is Oc1c(Br)cc(Br)cc1N=Nc1ccccc1Cl. The Labute approximate surface area is 126 Å². The van der Waals surface area contributed by atoms with Crippen molar-refractivity contribution in [1.82, 2.24) is 0 Å². The van der Waals surface area contributed by atoms with Crippen LogP contribution < -0.4 is 0 Å². The lowest BCUT2D eigenvalue weighted by atomic mass is 10.3. The molecule has 0 aliphatic heterocycles. The van der Waals surface area contributed by atoms with E-state index < -0.39 is 0 Å². The van der Waals surface area contributed by atoms with Gasteiger partial charge in [-0.1, -0.05) is 39.7 Å². The van der Waals surface area contributed by atoms with Gasteiger partial charge in [0.15, 0.2) is 5.75 Å². The second-order valence-corrected chi connectivity index (χ2v) is 5.58. The quantitative estimate of drug-likeness (QED) is 0.629. The second-order valence-electron chi connectivity index (χ2n) is 3.41. The molecule has 0 atom stereocenters. The first-order valence-corrected chi connectivity index (χ1v) is 6.88. The Kier molecular flexibility index (Phi) is 4.37. The van der Waals surface area contributed by atoms with Gasteiger partial charge in [-0.05, 0) is 40.2 Å². The van der Waals surface area contributed by atoms with E-state index >= 15 is 0 Å². The summed E-state index contributed by atoms with van der Waals surface area (Å²) in [6.07, 6.45) is 0. The molecule has 0 aliphatic carbocycles. The fourth-order valence-corrected chi connectivity index (χ4v) is 2.65. The molecule has 0 saturated carbocycles. The Bertz CT molecular complexity index is 617. The Balaban J connectivity index is 2.38. The maximum absolute atomic E-state index is 9.81. The predicted molar refractivity (Wildman–Crippen MR) is 79.1 cm³/mol. The molecule has 2 aromatic carbocycles. The molecule has 0 saturated heterocycles. The minimum atomic E-state index is 0.0361. The van der Waals surface area contributed by atoms with Gasteiger partial charge in [0.2, 0.25) is 0 Å². The first kappa shape index (κ1) is 13.5. The van der Waals surface area contributed by atoms with Gasteiger partial charge in [0, 0.05) is 4.47 Å². The number of phenolic OH excluding ortho intramolecular Hbond substituents is 1. The van der Waals surface area contributed by atoms with E-state index in [0.717, 1.165) is 4.47 Å². The van der Waals surface area contributed by atoms with E-state index in [1.807, 2.05) is 12.1 Å². The van der Waals surface area contributed by atoms with E-state index in [9.17, 15) is 5.11 Å². The van der Waals surface area contributed by atoms with Gasteiger partial charge in [0.25, 0.3) is 0 Å². The number of azo groups is 1. The Hall–Kier alpha value is -0.910. The van der Waals surface area contributed by atoms with E-state index in [2.05, 4.69) is 42.1 Å². The zero-order chi connectivity index (χ0) is 13.1. The van der Waals surface area contributed by atoms with Crippen LogP contribution in [0.15, 0.2) is 55.6 Å². The number of hydrogen-bond donors (Lipinski definition) is 1. The summed E-state index contributed by atoms with van der Waals surface area (Å²) in [6, 6.07) is 10.5. The van der Waals surface area contributed by atoms with Crippen molar-refractivity contribution in [2.24, 2.45) is 10.2 Å². The van der Waals surface area contributed by atoms with Crippen LogP contribution in [-0.4, -0.2) is 5.11 Å². The van der Waals surface area contributed by atoms with Gasteiger partial charge in [-0.25, -0.2) is 0 Å². The molecule has 3 nitrogen and oxygen atoms in total. The van der Waals surface area contributed by atoms with Gasteiger partial charge in [-0.15, -0.1) is 10.2 Å². The van der Waals surface area contributed by atoms with Crippen LogP contribution in [0.2, 0.25) is 5.02 Å². The highest BCUT2D eigenvalue weighted by molar-refractivity contribution is 9.11. The normalized spacial score (nSPS) is 11.1. The number of hydrogen-bond acceptors (Lipinski definition) is 3. The number of halogens is 3. The molecule has 0 spiro atoms. The van der Waals surface area contributed by atoms with E-state index in [1.54, 1.807) is 24.3 Å². The third kappa shape index (κ3) is 3.10. The Morgan fingerprint density at radius 1 is 1.00 bits per heavy atom. The summed E-state index contributed by atoms with van der Waals surface area (Å²) in [6.45, 7) is 0. The van der Waals surface area contributed by atoms with Gasteiger partial charge in [0.1, 0.15) is 11.4 Å². The number of rotatable bonds is 2. The van der Waals surface area contributed by atoms with Crippen LogP contribution in [0.5, 0.6) is 5.75 Å². The molecule has 0 aromatic heterocycles. The monoisotopic (exact) mass is 388 g/mol. The molecule has 0 heterocycles. The highest BCUT2D eigenvalue weighted by Gasteiger charge is 2.06. The molecule has 2 aromatic rings. The van der Waals surface area contributed by atoms with Crippen LogP contribution in [-0.2, 0) is 0 Å². The van der Waals surface area contributed by atoms with Crippen molar-refractivity contribution < 1.29 is 5.11 Å². The summed E-state index contributed by atoms with van der Waals surface area (Å²) in [7, 11) is 0. The zero-order valence-corrected chi connectivity index (χ0v) is 12.9. The molecule has 6 heteroatoms. The van der Waals surface area contributed by atoms with E-state index in [4.69, 9.17) is 11.6 Å². The van der Waals surface area contributed by atoms with Crippen molar-refractivity contribution >= 4 is 54.8 Å². The van der Waals surface area contributed by atoms with Gasteiger partial charge in [-0.2, -0.15) is 0 Å². The van der Waals surface area contributed by atoms with Crippen molar-refractivity contribution in [3.05, 3.63) is 50.4 Å². The smallest absolute Gasteiger partial charge is 0.157 e. The van der Waals surface area contributed by atoms with Gasteiger partial charge in [-0.3, -0.25) is 0 Å². The fourth-order valence-electron chi connectivity index (χ4n) is 1.27. The average molecular weight is 390 g/mol. The van der Waals surface area contributed by atoms with Crippen LogP contribution in [0.4, 0.5) is 11.4 Å². The van der Waals surface area contributed by atoms with Crippen LogP contribution >= 0.6 is 43.5 Å². The zero-order valence-electron chi connectivity index (χ0n) is 8.94. The minimum Gasteiger partial charge on any atom is -0.505 e. The highest BCUT2D eigenvalue weighted by atomic mass is 79.9. The summed E-state index contributed by atoms with van der Waals surface area (Å²) < 4.78 is 1.34. The van der Waals surface area contributed by atoms with E-state index in [1.165, 1.54) is 0 Å². The Morgan fingerprint density at radius 3 is 2.39 bits per heavy atom. The Morgan fingerprint density at radius 2 is 1.67 bits per heavy atom. The van der Waals surface area contributed by atoms with Gasteiger partial charge >= 0.3 is 0 Å². The third-order valence-electron chi connectivity index (χ3n) is 2.13. The van der Waals surface area contributed by atoms with Crippen molar-refractivity contribution in [3.63, 3.8) is 0 Å². The average Bonchev–Trinajstić information content (AvgIpc) is 2.33. The molecule has 2 rings (SSSR count). The van der Waals surface area contributed by atoms with E-state index in [-0.39, 0.29) is 5.75 Å². The first-order valence-electron chi connectivity index (χ1n) is 4.92. The molecule has 0 amide bonds. The maximum Gasteiger partial charge on any atom is 0.157 e. The molecule has 92 valence electrons. The molecule has 18 heavy (non-hydrogen) atoms. The first-order chi connectivity index (χ1) is 8.58. The van der Waals surface area contributed by atoms with E-state index in [0.29, 0.717) is 20.9 Å². The number of nitrogens with zero attached hydrogens (tertiary/aromatic N) is 2. The largest absolute Gasteiger partial charge is 0.505 e. The summed E-state index contributed by atoms with van der Waals surface area (Å²) in [5.41, 5.74) is 0.908. The molecule has 0 fully saturated rings. The van der Waals surface area contributed by atoms with Crippen molar-refractivity contribution in [2.75, 3.05) is 0 Å². The summed E-state index contributed by atoms with van der Waals surface area (Å²) in [5, 5.41) is 18.3. The fraction of sp³-hybridized carbons (Fsp3) is 0. The molecule has 1 N–H and O–H groups in total. The number of phenols is 1. The number of benzene rings is 2. The standard InChI is InChI=1S/C12H7Br2ClN2O/c13-7-5-8(14)12(18)11(6-7)17-16-10-4-2-1-3-9(10)15/h1-6,18H. The van der Waals surface area contributed by atoms with Gasteiger partial charge in [0.05, 0.1) is 9.50 Å². The lowest BCUT2D eigenvalue weighted by molar-refractivity contribution is 0.473. The van der Waals surface area contributed by atoms with Crippen molar-refractivity contribution in [1.29, 1.82) is 0 Å². The predicted octanol–water partition coefficient (Wildman–Crippen LogP) is 5.99. The molecular weight excluding hydrogens is 383 g/mol. The lowest BCUT2D eigenvalue weighted by Crippen LogP contribution is -1.73. The van der Waals surface area contributed by atoms with Crippen molar-refractivity contribution in [2.45, 2.75) is 0 Å². The highest BCUT2D eigenvalue weighted by Crippen LogP contribution is 2.38. The molecule has 0 aliphatic rings. The van der Waals surface area contributed by atoms with Crippen LogP contribution in [0.1, 0.15) is 0 Å². The van der Waals surface area contributed by atoms with Crippen LogP contribution in [0.3, 0.4) is 0 Å².